The lowest BCUT2D eigenvalue weighted by Crippen LogP contribution is -2.38. The molecule has 3 aromatic rings. The van der Waals surface area contributed by atoms with Gasteiger partial charge in [-0.05, 0) is 51.3 Å². The number of carbonyl (C=O) groups is 2. The van der Waals surface area contributed by atoms with E-state index in [1.54, 1.807) is 18.3 Å². The molecule has 1 aliphatic rings. The molecule has 5 nitrogen and oxygen atoms in total. The van der Waals surface area contributed by atoms with Crippen molar-refractivity contribution >= 4 is 33.2 Å². The van der Waals surface area contributed by atoms with Crippen LogP contribution >= 0.6 is 11.3 Å². The lowest BCUT2D eigenvalue weighted by molar-refractivity contribution is 0.0707. The summed E-state index contributed by atoms with van der Waals surface area (Å²) in [6, 6.07) is 8.22. The van der Waals surface area contributed by atoms with E-state index in [2.05, 4.69) is 17.1 Å². The Kier molecular flexibility index (Phi) is 4.60. The summed E-state index contributed by atoms with van der Waals surface area (Å²) in [5.41, 5.74) is 3.79. The van der Waals surface area contributed by atoms with Crippen molar-refractivity contribution in [3.63, 3.8) is 0 Å². The van der Waals surface area contributed by atoms with Crippen LogP contribution < -0.4 is 0 Å². The van der Waals surface area contributed by atoms with Crippen LogP contribution in [0.1, 0.15) is 62.8 Å². The lowest BCUT2D eigenvalue weighted by atomic mass is 9.97. The van der Waals surface area contributed by atoms with Gasteiger partial charge in [-0.25, -0.2) is 4.98 Å². The first-order chi connectivity index (χ1) is 13.0. The Balaban J connectivity index is 1.48. The van der Waals surface area contributed by atoms with Gasteiger partial charge in [0.25, 0.3) is 5.91 Å². The third-order valence-electron chi connectivity index (χ3n) is 5.45. The van der Waals surface area contributed by atoms with Crippen molar-refractivity contribution in [1.82, 2.24) is 14.9 Å². The van der Waals surface area contributed by atoms with Crippen molar-refractivity contribution in [3.05, 3.63) is 51.8 Å². The number of thiazole rings is 1. The highest BCUT2D eigenvalue weighted by Crippen LogP contribution is 2.34. The van der Waals surface area contributed by atoms with Crippen LogP contribution in [0.15, 0.2) is 24.3 Å². The number of hydrogen-bond donors (Lipinski definition) is 1. The average molecular weight is 382 g/mol. The van der Waals surface area contributed by atoms with E-state index in [1.165, 1.54) is 9.71 Å². The molecule has 3 heterocycles. The van der Waals surface area contributed by atoms with Gasteiger partial charge >= 0.3 is 0 Å². The third kappa shape index (κ3) is 3.18. The standard InChI is InChI=1S/C21H23N3O2S/c1-12-18(14(3)25)13(2)22-19(12)21(26)24-10-8-15(9-11-24)20-23-16-6-4-5-7-17(16)27-20/h4-7,15,22H,8-11H2,1-3H3. The number of aryl methyl sites for hydroxylation is 1. The molecule has 0 radical (unpaired) electrons. The van der Waals surface area contributed by atoms with E-state index in [0.717, 1.165) is 29.6 Å². The van der Waals surface area contributed by atoms with E-state index in [0.29, 0.717) is 30.3 Å². The molecule has 1 N–H and O–H groups in total. The summed E-state index contributed by atoms with van der Waals surface area (Å²) in [6.45, 7) is 6.67. The molecular weight excluding hydrogens is 358 g/mol. The fourth-order valence-corrected chi connectivity index (χ4v) is 5.18. The molecule has 1 saturated heterocycles. The number of amides is 1. The Morgan fingerprint density at radius 3 is 2.52 bits per heavy atom. The predicted octanol–water partition coefficient (Wildman–Crippen LogP) is 4.46. The van der Waals surface area contributed by atoms with Crippen LogP contribution in [-0.2, 0) is 0 Å². The van der Waals surface area contributed by atoms with Gasteiger partial charge in [0.2, 0.25) is 0 Å². The first-order valence-corrected chi connectivity index (χ1v) is 10.1. The molecule has 0 bridgehead atoms. The van der Waals surface area contributed by atoms with E-state index in [-0.39, 0.29) is 11.7 Å². The minimum atomic E-state index is -0.00847. The van der Waals surface area contributed by atoms with Crippen molar-refractivity contribution in [1.29, 1.82) is 0 Å². The largest absolute Gasteiger partial charge is 0.354 e. The van der Waals surface area contributed by atoms with Crippen LogP contribution in [0.4, 0.5) is 0 Å². The summed E-state index contributed by atoms with van der Waals surface area (Å²) >= 11 is 1.76. The zero-order valence-electron chi connectivity index (χ0n) is 15.8. The summed E-state index contributed by atoms with van der Waals surface area (Å²) < 4.78 is 1.22. The third-order valence-corrected chi connectivity index (χ3v) is 6.64. The topological polar surface area (TPSA) is 66.1 Å². The van der Waals surface area contributed by atoms with E-state index in [9.17, 15) is 9.59 Å². The molecule has 140 valence electrons. The molecule has 0 spiro atoms. The molecule has 2 aromatic heterocycles. The minimum absolute atomic E-state index is 0.00477. The highest BCUT2D eigenvalue weighted by molar-refractivity contribution is 7.18. The van der Waals surface area contributed by atoms with Gasteiger partial charge in [0, 0.05) is 30.3 Å². The molecule has 27 heavy (non-hydrogen) atoms. The SMILES string of the molecule is CC(=O)c1c(C)[nH]c(C(=O)N2CCC(c3nc4ccccc4s3)CC2)c1C. The van der Waals surface area contributed by atoms with Gasteiger partial charge in [-0.15, -0.1) is 11.3 Å². The van der Waals surface area contributed by atoms with Crippen molar-refractivity contribution < 1.29 is 9.59 Å². The number of H-pyrrole nitrogens is 1. The Morgan fingerprint density at radius 1 is 1.19 bits per heavy atom. The zero-order chi connectivity index (χ0) is 19.1. The fourth-order valence-electron chi connectivity index (χ4n) is 4.04. The number of nitrogens with zero attached hydrogens (tertiary/aromatic N) is 2. The molecular formula is C21H23N3O2S. The van der Waals surface area contributed by atoms with Crippen molar-refractivity contribution in [2.45, 2.75) is 39.5 Å². The smallest absolute Gasteiger partial charge is 0.270 e. The minimum Gasteiger partial charge on any atom is -0.354 e. The number of nitrogens with one attached hydrogen (secondary N) is 1. The predicted molar refractivity (Wildman–Crippen MR) is 108 cm³/mol. The number of ketones is 1. The first kappa shape index (κ1) is 17.9. The Morgan fingerprint density at radius 2 is 1.89 bits per heavy atom. The van der Waals surface area contributed by atoms with Crippen molar-refractivity contribution in [2.24, 2.45) is 0 Å². The van der Waals surface area contributed by atoms with E-state index >= 15 is 0 Å². The molecule has 4 rings (SSSR count). The molecule has 0 saturated carbocycles. The van der Waals surface area contributed by atoms with Gasteiger partial charge in [-0.3, -0.25) is 9.59 Å². The molecule has 1 aliphatic heterocycles. The molecule has 0 aliphatic carbocycles. The maximum absolute atomic E-state index is 13.0. The van der Waals surface area contributed by atoms with Crippen LogP contribution in [0.5, 0.6) is 0 Å². The first-order valence-electron chi connectivity index (χ1n) is 9.30. The maximum atomic E-state index is 13.0. The normalized spacial score (nSPS) is 15.4. The highest BCUT2D eigenvalue weighted by Gasteiger charge is 2.29. The lowest BCUT2D eigenvalue weighted by Gasteiger charge is -2.31. The quantitative estimate of drug-likeness (QED) is 0.681. The number of likely N-dealkylation sites (tertiary alicyclic amines) is 1. The summed E-state index contributed by atoms with van der Waals surface area (Å²) in [4.78, 5) is 34.6. The molecule has 0 atom stereocenters. The summed E-state index contributed by atoms with van der Waals surface area (Å²) in [6.07, 6.45) is 1.84. The molecule has 1 fully saturated rings. The highest BCUT2D eigenvalue weighted by atomic mass is 32.1. The monoisotopic (exact) mass is 381 g/mol. The maximum Gasteiger partial charge on any atom is 0.270 e. The van der Waals surface area contributed by atoms with Gasteiger partial charge < -0.3 is 9.88 Å². The number of aromatic nitrogens is 2. The van der Waals surface area contributed by atoms with Crippen LogP contribution in [-0.4, -0.2) is 39.6 Å². The molecule has 1 aromatic carbocycles. The number of aromatic amines is 1. The van der Waals surface area contributed by atoms with Gasteiger partial charge in [0.15, 0.2) is 5.78 Å². The summed E-state index contributed by atoms with van der Waals surface area (Å²) in [7, 11) is 0. The second-order valence-electron chi connectivity index (χ2n) is 7.27. The van der Waals surface area contributed by atoms with Gasteiger partial charge in [0.05, 0.1) is 15.2 Å². The Hall–Kier alpha value is -2.47. The number of piperidine rings is 1. The van der Waals surface area contributed by atoms with Gasteiger partial charge in [0.1, 0.15) is 5.69 Å². The number of benzene rings is 1. The second kappa shape index (κ2) is 6.93. The summed E-state index contributed by atoms with van der Waals surface area (Å²) in [5, 5.41) is 1.18. The van der Waals surface area contributed by atoms with Crippen LogP contribution in [0, 0.1) is 13.8 Å². The van der Waals surface area contributed by atoms with Gasteiger partial charge in [-0.2, -0.15) is 0 Å². The summed E-state index contributed by atoms with van der Waals surface area (Å²) in [5.74, 6) is 0.395. The number of para-hydroxylation sites is 1. The second-order valence-corrected chi connectivity index (χ2v) is 8.33. The zero-order valence-corrected chi connectivity index (χ0v) is 16.7. The van der Waals surface area contributed by atoms with E-state index < -0.39 is 0 Å². The van der Waals surface area contributed by atoms with Crippen molar-refractivity contribution in [3.8, 4) is 0 Å². The number of hydrogen-bond acceptors (Lipinski definition) is 4. The van der Waals surface area contributed by atoms with Gasteiger partial charge in [-0.1, -0.05) is 12.1 Å². The molecule has 0 unspecified atom stereocenters. The van der Waals surface area contributed by atoms with Crippen LogP contribution in [0.3, 0.4) is 0 Å². The fraction of sp³-hybridized carbons (Fsp3) is 0.381. The molecule has 6 heteroatoms. The average Bonchev–Trinajstić information content (AvgIpc) is 3.22. The Bertz CT molecular complexity index is 992. The number of fused-ring (bicyclic) bond motifs is 1. The van der Waals surface area contributed by atoms with Crippen LogP contribution in [0.25, 0.3) is 10.2 Å². The molecule has 1 amide bonds. The Labute approximate surface area is 162 Å². The van der Waals surface area contributed by atoms with Crippen LogP contribution in [0.2, 0.25) is 0 Å². The van der Waals surface area contributed by atoms with E-state index in [1.807, 2.05) is 30.9 Å². The number of rotatable bonds is 3. The number of carbonyl (C=O) groups excluding carboxylic acids is 2. The van der Waals surface area contributed by atoms with E-state index in [4.69, 9.17) is 4.98 Å². The number of Topliss-reactive ketones (excluding diaryl/α,β-unsaturated/α-hetero) is 1. The van der Waals surface area contributed by atoms with Crippen molar-refractivity contribution in [2.75, 3.05) is 13.1 Å².